The number of H-pyrrole nitrogens is 1. The number of methoxy groups -OCH3 is 1. The van der Waals surface area contributed by atoms with Crippen LogP contribution in [0.25, 0.3) is 22.2 Å². The van der Waals surface area contributed by atoms with Crippen LogP contribution in [-0.4, -0.2) is 37.0 Å². The molecular weight excluding hydrogens is 500 g/mol. The number of aromatic amines is 1. The average Bonchev–Trinajstić information content (AvgIpc) is 3.23. The molecular formula is C24H20ClF2N3O4S. The predicted molar refractivity (Wildman–Crippen MR) is 131 cm³/mol. The number of hydrogen-bond donors (Lipinski definition) is 2. The molecule has 0 spiro atoms. The van der Waals surface area contributed by atoms with Gasteiger partial charge in [-0.3, -0.25) is 9.52 Å². The van der Waals surface area contributed by atoms with Crippen LogP contribution >= 0.6 is 11.6 Å². The lowest BCUT2D eigenvalue weighted by molar-refractivity contribution is 0.103. The Morgan fingerprint density at radius 1 is 1.17 bits per heavy atom. The van der Waals surface area contributed by atoms with Crippen molar-refractivity contribution in [2.75, 3.05) is 17.6 Å². The third kappa shape index (κ3) is 4.85. The molecule has 4 rings (SSSR count). The number of nitrogens with zero attached hydrogens (tertiary/aromatic N) is 1. The number of aromatic nitrogens is 2. The van der Waals surface area contributed by atoms with Crippen LogP contribution < -0.4 is 9.46 Å². The highest BCUT2D eigenvalue weighted by atomic mass is 35.5. The van der Waals surface area contributed by atoms with Crippen molar-refractivity contribution >= 4 is 44.1 Å². The fraction of sp³-hybridized carbons (Fsp3) is 0.167. The zero-order valence-electron chi connectivity index (χ0n) is 18.7. The first-order valence-electron chi connectivity index (χ1n) is 10.5. The molecule has 0 saturated heterocycles. The number of nitrogens with one attached hydrogen (secondary N) is 2. The monoisotopic (exact) mass is 519 g/mol. The van der Waals surface area contributed by atoms with Gasteiger partial charge in [-0.2, -0.15) is 4.98 Å². The predicted octanol–water partition coefficient (Wildman–Crippen LogP) is 5.55. The van der Waals surface area contributed by atoms with Crippen molar-refractivity contribution in [2.45, 2.75) is 13.3 Å². The third-order valence-corrected chi connectivity index (χ3v) is 7.01. The molecule has 0 fully saturated rings. The zero-order valence-corrected chi connectivity index (χ0v) is 20.2. The molecule has 7 nitrogen and oxygen atoms in total. The molecule has 0 aliphatic heterocycles. The number of fused-ring (bicyclic) bond motifs is 1. The van der Waals surface area contributed by atoms with Crippen LogP contribution in [0.2, 0.25) is 5.02 Å². The highest BCUT2D eigenvalue weighted by molar-refractivity contribution is 7.92. The maximum absolute atomic E-state index is 15.2. The summed E-state index contributed by atoms with van der Waals surface area (Å²) in [5.74, 6) is -3.39. The number of carbonyl (C=O) groups is 1. The Hall–Kier alpha value is -3.50. The van der Waals surface area contributed by atoms with Gasteiger partial charge in [0.25, 0.3) is 0 Å². The summed E-state index contributed by atoms with van der Waals surface area (Å²) < 4.78 is 61.5. The van der Waals surface area contributed by atoms with Crippen molar-refractivity contribution in [1.29, 1.82) is 0 Å². The minimum Gasteiger partial charge on any atom is -0.480 e. The molecule has 2 heterocycles. The second-order valence-corrected chi connectivity index (χ2v) is 9.96. The van der Waals surface area contributed by atoms with E-state index < -0.39 is 38.7 Å². The molecule has 2 aromatic carbocycles. The van der Waals surface area contributed by atoms with Crippen molar-refractivity contribution in [1.82, 2.24) is 9.97 Å². The highest BCUT2D eigenvalue weighted by Gasteiger charge is 2.26. The fourth-order valence-corrected chi connectivity index (χ4v) is 4.93. The van der Waals surface area contributed by atoms with Gasteiger partial charge in [0.15, 0.2) is 5.82 Å². The van der Waals surface area contributed by atoms with E-state index in [9.17, 15) is 17.6 Å². The maximum Gasteiger partial charge on any atom is 0.232 e. The molecule has 0 aliphatic rings. The number of rotatable bonds is 8. The number of ether oxygens (including phenoxy) is 1. The molecule has 0 atom stereocenters. The Morgan fingerprint density at radius 3 is 2.54 bits per heavy atom. The topological polar surface area (TPSA) is 101 Å². The number of sulfonamides is 1. The standard InChI is InChI=1S/C24H20ClF2N3O4S/c1-3-10-35(32,33)30-19-9-8-18(26)20(21(19)27)22(31)17-12-28-23-16(17)11-15(24(29-23)34-2)13-4-6-14(25)7-5-13/h4-9,11-12,30H,3,10H2,1-2H3,(H,28,29). The second-order valence-electron chi connectivity index (χ2n) is 7.68. The number of hydrogen-bond acceptors (Lipinski definition) is 5. The lowest BCUT2D eigenvalue weighted by Crippen LogP contribution is -2.18. The van der Waals surface area contributed by atoms with E-state index in [1.165, 1.54) is 13.3 Å². The van der Waals surface area contributed by atoms with Gasteiger partial charge in [0.2, 0.25) is 21.7 Å². The van der Waals surface area contributed by atoms with Crippen molar-refractivity contribution in [2.24, 2.45) is 0 Å². The van der Waals surface area contributed by atoms with Gasteiger partial charge in [0.1, 0.15) is 11.5 Å². The lowest BCUT2D eigenvalue weighted by atomic mass is 9.99. The van der Waals surface area contributed by atoms with E-state index in [1.807, 2.05) is 0 Å². The van der Waals surface area contributed by atoms with E-state index in [2.05, 4.69) is 14.7 Å². The Bertz CT molecular complexity index is 1540. The minimum absolute atomic E-state index is 0.0447. The fourth-order valence-electron chi connectivity index (χ4n) is 3.67. The van der Waals surface area contributed by atoms with E-state index in [1.54, 1.807) is 37.3 Å². The normalized spacial score (nSPS) is 11.6. The van der Waals surface area contributed by atoms with E-state index in [4.69, 9.17) is 16.3 Å². The molecule has 4 aromatic rings. The van der Waals surface area contributed by atoms with E-state index in [0.29, 0.717) is 28.0 Å². The van der Waals surface area contributed by atoms with Crippen molar-refractivity contribution < 1.29 is 26.7 Å². The first-order valence-corrected chi connectivity index (χ1v) is 12.5. The molecule has 0 saturated carbocycles. The van der Waals surface area contributed by atoms with Crippen LogP contribution in [0.15, 0.2) is 48.7 Å². The smallest absolute Gasteiger partial charge is 0.232 e. The molecule has 0 bridgehead atoms. The summed E-state index contributed by atoms with van der Waals surface area (Å²) in [5, 5.41) is 0.830. The molecule has 182 valence electrons. The van der Waals surface area contributed by atoms with Gasteiger partial charge in [0, 0.05) is 27.7 Å². The van der Waals surface area contributed by atoms with E-state index in [-0.39, 0.29) is 22.8 Å². The molecule has 0 radical (unpaired) electrons. The Kier molecular flexibility index (Phi) is 6.77. The minimum atomic E-state index is -3.86. The molecule has 35 heavy (non-hydrogen) atoms. The number of halogens is 3. The Morgan fingerprint density at radius 2 is 1.89 bits per heavy atom. The lowest BCUT2D eigenvalue weighted by Gasteiger charge is -2.12. The molecule has 11 heteroatoms. The van der Waals surface area contributed by atoms with Gasteiger partial charge in [0.05, 0.1) is 24.1 Å². The van der Waals surface area contributed by atoms with Gasteiger partial charge in [-0.05, 0) is 42.3 Å². The molecule has 2 N–H and O–H groups in total. The summed E-state index contributed by atoms with van der Waals surface area (Å²) in [4.78, 5) is 20.5. The first kappa shape index (κ1) is 24.6. The van der Waals surface area contributed by atoms with Crippen LogP contribution in [0.3, 0.4) is 0 Å². The SMILES string of the molecule is CCCS(=O)(=O)Nc1ccc(F)c(C(=O)c2c[nH]c3nc(OC)c(-c4ccc(Cl)cc4)cc23)c1F. The van der Waals surface area contributed by atoms with Gasteiger partial charge in [-0.15, -0.1) is 0 Å². The van der Waals surface area contributed by atoms with E-state index >= 15 is 4.39 Å². The Labute approximate surface area is 205 Å². The van der Waals surface area contributed by atoms with Crippen molar-refractivity contribution in [3.05, 3.63) is 76.4 Å². The van der Waals surface area contributed by atoms with Crippen LogP contribution in [-0.2, 0) is 10.0 Å². The maximum atomic E-state index is 15.2. The van der Waals surface area contributed by atoms with Crippen LogP contribution in [0.1, 0.15) is 29.3 Å². The Balaban J connectivity index is 1.83. The quantitative estimate of drug-likeness (QED) is 0.297. The third-order valence-electron chi connectivity index (χ3n) is 5.28. The van der Waals surface area contributed by atoms with Gasteiger partial charge < -0.3 is 9.72 Å². The summed E-state index contributed by atoms with van der Waals surface area (Å²) in [7, 11) is -2.42. The second kappa shape index (κ2) is 9.63. The number of ketones is 1. The summed E-state index contributed by atoms with van der Waals surface area (Å²) in [6.45, 7) is 1.65. The summed E-state index contributed by atoms with van der Waals surface area (Å²) in [6.07, 6.45) is 1.59. The zero-order chi connectivity index (χ0) is 25.3. The van der Waals surface area contributed by atoms with E-state index in [0.717, 1.165) is 12.1 Å². The molecule has 0 unspecified atom stereocenters. The van der Waals surface area contributed by atoms with Gasteiger partial charge in [-0.1, -0.05) is 30.7 Å². The summed E-state index contributed by atoms with van der Waals surface area (Å²) in [6, 6.07) is 10.3. The van der Waals surface area contributed by atoms with Crippen LogP contribution in [0, 0.1) is 11.6 Å². The number of benzene rings is 2. The molecule has 2 aromatic heterocycles. The van der Waals surface area contributed by atoms with Crippen LogP contribution in [0.5, 0.6) is 5.88 Å². The highest BCUT2D eigenvalue weighted by Crippen LogP contribution is 2.34. The van der Waals surface area contributed by atoms with Gasteiger partial charge in [-0.25, -0.2) is 17.2 Å². The van der Waals surface area contributed by atoms with Crippen LogP contribution in [0.4, 0.5) is 14.5 Å². The molecule has 0 amide bonds. The van der Waals surface area contributed by atoms with Crippen molar-refractivity contribution in [3.63, 3.8) is 0 Å². The van der Waals surface area contributed by atoms with Gasteiger partial charge >= 0.3 is 0 Å². The largest absolute Gasteiger partial charge is 0.480 e. The summed E-state index contributed by atoms with van der Waals surface area (Å²) >= 11 is 5.97. The first-order chi connectivity index (χ1) is 16.6. The number of carbonyl (C=O) groups excluding carboxylic acids is 1. The molecule has 0 aliphatic carbocycles. The number of pyridine rings is 1. The number of anilines is 1. The summed E-state index contributed by atoms with van der Waals surface area (Å²) in [5.41, 5.74) is 0.0636. The average molecular weight is 520 g/mol. The van der Waals surface area contributed by atoms with Crippen molar-refractivity contribution in [3.8, 4) is 17.0 Å².